The summed E-state index contributed by atoms with van der Waals surface area (Å²) in [5.41, 5.74) is 1.68. The van der Waals surface area contributed by atoms with Gasteiger partial charge >= 0.3 is 0 Å². The second-order valence-electron chi connectivity index (χ2n) is 6.22. The molecular formula is C16H17N5O. The standard InChI is InChI=1S/C16H17N5O/c17-6-13-1-2-14-7-18-15(10-21(13)14)16(22)19-12-5-11-3-4-20(8-11)9-12/h1-2,7,10-12H,3-5,8-9H2,(H,19,22)/t11-,12+/m0/s1. The molecule has 4 heterocycles. The Hall–Kier alpha value is -2.39. The van der Waals surface area contributed by atoms with Crippen molar-refractivity contribution in [3.05, 3.63) is 35.9 Å². The average molecular weight is 295 g/mol. The van der Waals surface area contributed by atoms with Gasteiger partial charge in [-0.2, -0.15) is 5.26 Å². The topological polar surface area (TPSA) is 73.4 Å². The fraction of sp³-hybridized carbons (Fsp3) is 0.438. The molecule has 112 valence electrons. The van der Waals surface area contributed by atoms with Crippen LogP contribution in [0.1, 0.15) is 29.0 Å². The maximum atomic E-state index is 12.4. The molecule has 3 atom stereocenters. The largest absolute Gasteiger partial charge is 0.347 e. The van der Waals surface area contributed by atoms with E-state index in [9.17, 15) is 4.79 Å². The summed E-state index contributed by atoms with van der Waals surface area (Å²) in [6, 6.07) is 5.86. The first-order valence-corrected chi connectivity index (χ1v) is 7.63. The second-order valence-corrected chi connectivity index (χ2v) is 6.22. The number of hydrogen-bond donors (Lipinski definition) is 1. The summed E-state index contributed by atoms with van der Waals surface area (Å²) in [6.07, 6.45) is 5.56. The van der Waals surface area contributed by atoms with E-state index in [1.54, 1.807) is 22.9 Å². The number of carbonyl (C=O) groups is 1. The van der Waals surface area contributed by atoms with Crippen LogP contribution in [-0.2, 0) is 0 Å². The van der Waals surface area contributed by atoms with Gasteiger partial charge < -0.3 is 14.6 Å². The van der Waals surface area contributed by atoms with E-state index < -0.39 is 0 Å². The minimum Gasteiger partial charge on any atom is -0.347 e. The van der Waals surface area contributed by atoms with Crippen LogP contribution in [0.25, 0.3) is 5.52 Å². The van der Waals surface area contributed by atoms with Crippen molar-refractivity contribution in [2.45, 2.75) is 18.9 Å². The van der Waals surface area contributed by atoms with Crippen molar-refractivity contribution in [1.82, 2.24) is 19.6 Å². The number of rotatable bonds is 2. The fourth-order valence-electron chi connectivity index (χ4n) is 3.64. The van der Waals surface area contributed by atoms with Gasteiger partial charge in [0, 0.05) is 25.3 Å². The number of amides is 1. The molecule has 2 bridgehead atoms. The molecule has 0 aromatic carbocycles. The van der Waals surface area contributed by atoms with Crippen LogP contribution >= 0.6 is 0 Å². The lowest BCUT2D eigenvalue weighted by Crippen LogP contribution is -2.47. The van der Waals surface area contributed by atoms with Crippen LogP contribution in [0.15, 0.2) is 24.5 Å². The number of nitrogens with one attached hydrogen (secondary N) is 1. The number of nitrogens with zero attached hydrogens (tertiary/aromatic N) is 4. The molecule has 1 unspecified atom stereocenters. The molecule has 6 heteroatoms. The minimum atomic E-state index is -0.160. The van der Waals surface area contributed by atoms with Crippen molar-refractivity contribution >= 4 is 11.4 Å². The van der Waals surface area contributed by atoms with E-state index in [1.165, 1.54) is 13.0 Å². The second kappa shape index (κ2) is 5.11. The molecule has 1 amide bonds. The molecule has 2 saturated heterocycles. The number of piperidine rings is 1. The Morgan fingerprint density at radius 2 is 2.32 bits per heavy atom. The van der Waals surface area contributed by atoms with Crippen LogP contribution in [-0.4, -0.2) is 45.9 Å². The molecule has 0 spiro atoms. The van der Waals surface area contributed by atoms with Crippen LogP contribution in [0.5, 0.6) is 0 Å². The number of hydrogen-bond acceptors (Lipinski definition) is 4. The van der Waals surface area contributed by atoms with Crippen LogP contribution in [0.4, 0.5) is 0 Å². The maximum Gasteiger partial charge on any atom is 0.271 e. The molecule has 4 rings (SSSR count). The zero-order valence-corrected chi connectivity index (χ0v) is 12.2. The molecule has 22 heavy (non-hydrogen) atoms. The first-order chi connectivity index (χ1) is 10.7. The normalized spacial score (nSPS) is 26.8. The zero-order valence-electron chi connectivity index (χ0n) is 12.2. The third-order valence-electron chi connectivity index (χ3n) is 4.69. The molecule has 2 aliphatic rings. The Labute approximate surface area is 128 Å². The molecule has 0 radical (unpaired) electrons. The van der Waals surface area contributed by atoms with Gasteiger partial charge in [-0.25, -0.2) is 4.98 Å². The fourth-order valence-corrected chi connectivity index (χ4v) is 3.64. The molecule has 2 aromatic rings. The molecule has 0 aliphatic carbocycles. The molecule has 2 aliphatic heterocycles. The van der Waals surface area contributed by atoms with E-state index in [-0.39, 0.29) is 11.9 Å². The lowest BCUT2D eigenvalue weighted by Gasteiger charge is -2.30. The Morgan fingerprint density at radius 3 is 3.14 bits per heavy atom. The Kier molecular flexibility index (Phi) is 3.09. The van der Waals surface area contributed by atoms with Crippen molar-refractivity contribution in [2.75, 3.05) is 19.6 Å². The summed E-state index contributed by atoms with van der Waals surface area (Å²) in [5.74, 6) is 0.552. The molecule has 2 fully saturated rings. The van der Waals surface area contributed by atoms with Gasteiger partial charge in [-0.15, -0.1) is 0 Å². The monoisotopic (exact) mass is 295 g/mol. The van der Waals surface area contributed by atoms with Crippen LogP contribution < -0.4 is 5.32 Å². The lowest BCUT2D eigenvalue weighted by atomic mass is 9.97. The third kappa shape index (κ3) is 2.24. The van der Waals surface area contributed by atoms with E-state index in [4.69, 9.17) is 5.26 Å². The highest BCUT2D eigenvalue weighted by Gasteiger charge is 2.33. The summed E-state index contributed by atoms with van der Waals surface area (Å²) in [7, 11) is 0. The van der Waals surface area contributed by atoms with Gasteiger partial charge in [-0.3, -0.25) is 4.79 Å². The predicted octanol–water partition coefficient (Wildman–Crippen LogP) is 1.03. The highest BCUT2D eigenvalue weighted by molar-refractivity contribution is 5.92. The van der Waals surface area contributed by atoms with E-state index >= 15 is 0 Å². The molecule has 1 N–H and O–H groups in total. The number of fused-ring (bicyclic) bond motifs is 3. The van der Waals surface area contributed by atoms with Gasteiger partial charge in [0.15, 0.2) is 0 Å². The van der Waals surface area contributed by atoms with Crippen molar-refractivity contribution in [3.8, 4) is 6.07 Å². The summed E-state index contributed by atoms with van der Waals surface area (Å²) in [4.78, 5) is 19.1. The Balaban J connectivity index is 1.54. The first-order valence-electron chi connectivity index (χ1n) is 7.63. The SMILES string of the molecule is N#Cc1ccc2cnc(C(=O)N[C@@H]3C[C@@H]4CCN(C4)C3)cn12. The van der Waals surface area contributed by atoms with Gasteiger partial charge in [0.1, 0.15) is 17.5 Å². The first kappa shape index (κ1) is 13.3. The Morgan fingerprint density at radius 1 is 1.41 bits per heavy atom. The molecule has 0 saturated carbocycles. The van der Waals surface area contributed by atoms with Crippen molar-refractivity contribution in [2.24, 2.45) is 5.92 Å². The van der Waals surface area contributed by atoms with Crippen LogP contribution in [0.3, 0.4) is 0 Å². The van der Waals surface area contributed by atoms with Gasteiger partial charge in [0.05, 0.1) is 11.7 Å². The van der Waals surface area contributed by atoms with E-state index in [2.05, 4.69) is 21.3 Å². The van der Waals surface area contributed by atoms with E-state index in [0.29, 0.717) is 17.3 Å². The highest BCUT2D eigenvalue weighted by atomic mass is 16.2. The van der Waals surface area contributed by atoms with Crippen molar-refractivity contribution < 1.29 is 4.79 Å². The van der Waals surface area contributed by atoms with E-state index in [0.717, 1.165) is 25.0 Å². The third-order valence-corrected chi connectivity index (χ3v) is 4.69. The Bertz CT molecular complexity index is 762. The van der Waals surface area contributed by atoms with Gasteiger partial charge in [-0.1, -0.05) is 0 Å². The summed E-state index contributed by atoms with van der Waals surface area (Å²) < 4.78 is 1.70. The zero-order chi connectivity index (χ0) is 15.1. The number of carbonyl (C=O) groups excluding carboxylic acids is 1. The highest BCUT2D eigenvalue weighted by Crippen LogP contribution is 2.26. The summed E-state index contributed by atoms with van der Waals surface area (Å²) in [5, 5.41) is 12.2. The minimum absolute atomic E-state index is 0.160. The smallest absolute Gasteiger partial charge is 0.271 e. The molecule has 2 aromatic heterocycles. The average Bonchev–Trinajstić information content (AvgIpc) is 3.09. The van der Waals surface area contributed by atoms with Crippen LogP contribution in [0, 0.1) is 17.2 Å². The quantitative estimate of drug-likeness (QED) is 0.898. The molecular weight excluding hydrogens is 278 g/mol. The summed E-state index contributed by atoms with van der Waals surface area (Å²) in [6.45, 7) is 3.25. The maximum absolute atomic E-state index is 12.4. The van der Waals surface area contributed by atoms with Crippen molar-refractivity contribution in [1.29, 1.82) is 5.26 Å². The van der Waals surface area contributed by atoms with Gasteiger partial charge in [-0.05, 0) is 37.4 Å². The van der Waals surface area contributed by atoms with Gasteiger partial charge in [0.2, 0.25) is 0 Å². The van der Waals surface area contributed by atoms with E-state index in [1.807, 2.05) is 6.07 Å². The number of nitriles is 1. The summed E-state index contributed by atoms with van der Waals surface area (Å²) >= 11 is 0. The predicted molar refractivity (Wildman–Crippen MR) is 80.3 cm³/mol. The van der Waals surface area contributed by atoms with Crippen LogP contribution in [0.2, 0.25) is 0 Å². The number of aromatic nitrogens is 2. The molecule has 6 nitrogen and oxygen atoms in total. The van der Waals surface area contributed by atoms with Gasteiger partial charge in [0.25, 0.3) is 5.91 Å². The lowest BCUT2D eigenvalue weighted by molar-refractivity contribution is 0.0904. The van der Waals surface area contributed by atoms with Crippen molar-refractivity contribution in [3.63, 3.8) is 0 Å².